The Bertz CT molecular complexity index is 1120. The second-order valence-corrected chi connectivity index (χ2v) is 8.57. The minimum absolute atomic E-state index is 0.0725. The second kappa shape index (κ2) is 7.72. The molecule has 1 aromatic heterocycles. The lowest BCUT2D eigenvalue weighted by Crippen LogP contribution is -2.33. The van der Waals surface area contributed by atoms with Gasteiger partial charge in [-0.3, -0.25) is 4.79 Å². The van der Waals surface area contributed by atoms with Crippen molar-refractivity contribution >= 4 is 23.4 Å². The quantitative estimate of drug-likeness (QED) is 0.595. The van der Waals surface area contributed by atoms with Crippen molar-refractivity contribution < 1.29 is 9.18 Å². The number of aromatic nitrogens is 2. The number of halogens is 1. The Morgan fingerprint density at radius 2 is 2.00 bits per heavy atom. The van der Waals surface area contributed by atoms with Crippen molar-refractivity contribution in [2.45, 2.75) is 24.0 Å². The first-order valence-corrected chi connectivity index (χ1v) is 10.9. The largest absolute Gasteiger partial charge is 0.329 e. The number of rotatable bonds is 4. The van der Waals surface area contributed by atoms with Crippen molar-refractivity contribution in [1.29, 1.82) is 0 Å². The first-order chi connectivity index (χ1) is 14.6. The van der Waals surface area contributed by atoms with Crippen LogP contribution in [0.2, 0.25) is 0 Å². The van der Waals surface area contributed by atoms with Gasteiger partial charge in [0.25, 0.3) is 5.91 Å². The number of hydrogen-bond donors (Lipinski definition) is 0. The smallest absolute Gasteiger partial charge is 0.253 e. The monoisotopic (exact) mass is 420 g/mol. The number of imidazole rings is 1. The standard InChI is InChI=1S/C23H21FN4OS/c1-27-13-12-25-23(27)30-14-20(29)28-22(16-6-9-17(24)10-7-16)19-11-8-15-4-2-3-5-18(15)21(19)26-28/h2-7,9-10,12-13,19,22H,8,11,14H2,1H3/t19-,22+/m0/s1. The molecule has 7 heteroatoms. The lowest BCUT2D eigenvalue weighted by Gasteiger charge is -2.29. The average molecular weight is 421 g/mol. The van der Waals surface area contributed by atoms with Gasteiger partial charge < -0.3 is 4.57 Å². The third-order valence-corrected chi connectivity index (χ3v) is 6.84. The molecule has 152 valence electrons. The number of benzene rings is 2. The van der Waals surface area contributed by atoms with Crippen LogP contribution in [0.4, 0.5) is 4.39 Å². The Labute approximate surface area is 178 Å². The highest BCUT2D eigenvalue weighted by molar-refractivity contribution is 7.99. The molecule has 0 unspecified atom stereocenters. The molecule has 2 aromatic carbocycles. The van der Waals surface area contributed by atoms with Crippen molar-refractivity contribution in [3.8, 4) is 0 Å². The molecule has 1 aliphatic carbocycles. The number of fused-ring (bicyclic) bond motifs is 3. The molecule has 2 atom stereocenters. The summed E-state index contributed by atoms with van der Waals surface area (Å²) in [6.07, 6.45) is 5.43. The van der Waals surface area contributed by atoms with Gasteiger partial charge >= 0.3 is 0 Å². The van der Waals surface area contributed by atoms with Crippen LogP contribution in [-0.2, 0) is 18.3 Å². The molecule has 0 radical (unpaired) electrons. The van der Waals surface area contributed by atoms with E-state index in [0.29, 0.717) is 0 Å². The lowest BCUT2D eigenvalue weighted by atomic mass is 9.77. The van der Waals surface area contributed by atoms with Crippen LogP contribution in [0.5, 0.6) is 0 Å². The number of hydrogen-bond acceptors (Lipinski definition) is 4. The predicted octanol–water partition coefficient (Wildman–Crippen LogP) is 4.20. The van der Waals surface area contributed by atoms with E-state index in [1.807, 2.05) is 29.9 Å². The molecule has 0 fully saturated rings. The van der Waals surface area contributed by atoms with Crippen molar-refractivity contribution in [2.75, 3.05) is 5.75 Å². The number of nitrogens with zero attached hydrogens (tertiary/aromatic N) is 4. The maximum Gasteiger partial charge on any atom is 0.253 e. The molecular weight excluding hydrogens is 399 g/mol. The van der Waals surface area contributed by atoms with Crippen LogP contribution in [0.15, 0.2) is 71.2 Å². The van der Waals surface area contributed by atoms with Crippen molar-refractivity contribution in [1.82, 2.24) is 14.6 Å². The molecule has 30 heavy (non-hydrogen) atoms. The summed E-state index contributed by atoms with van der Waals surface area (Å²) in [6.45, 7) is 0. The summed E-state index contributed by atoms with van der Waals surface area (Å²) in [4.78, 5) is 17.5. The Balaban J connectivity index is 1.49. The van der Waals surface area contributed by atoms with E-state index in [4.69, 9.17) is 5.10 Å². The van der Waals surface area contributed by atoms with Crippen LogP contribution in [0, 0.1) is 11.7 Å². The van der Waals surface area contributed by atoms with Gasteiger partial charge in [0.2, 0.25) is 0 Å². The average Bonchev–Trinajstić information content (AvgIpc) is 3.36. The van der Waals surface area contributed by atoms with Crippen LogP contribution in [0.1, 0.15) is 29.2 Å². The molecule has 0 spiro atoms. The third-order valence-electron chi connectivity index (χ3n) is 5.80. The van der Waals surface area contributed by atoms with E-state index in [1.54, 1.807) is 23.3 Å². The summed E-state index contributed by atoms with van der Waals surface area (Å²) in [7, 11) is 1.91. The number of hydrazone groups is 1. The van der Waals surface area contributed by atoms with Crippen LogP contribution < -0.4 is 0 Å². The first-order valence-electron chi connectivity index (χ1n) is 9.96. The molecule has 2 heterocycles. The zero-order valence-electron chi connectivity index (χ0n) is 16.5. The molecular formula is C23H21FN4OS. The van der Waals surface area contributed by atoms with Gasteiger partial charge in [0, 0.05) is 30.9 Å². The van der Waals surface area contributed by atoms with Crippen molar-refractivity contribution in [3.63, 3.8) is 0 Å². The lowest BCUT2D eigenvalue weighted by molar-refractivity contribution is -0.130. The number of carbonyl (C=O) groups excluding carboxylic acids is 1. The van der Waals surface area contributed by atoms with E-state index in [2.05, 4.69) is 17.1 Å². The molecule has 0 N–H and O–H groups in total. The highest BCUT2D eigenvalue weighted by Crippen LogP contribution is 2.43. The fourth-order valence-corrected chi connectivity index (χ4v) is 5.13. The zero-order valence-corrected chi connectivity index (χ0v) is 17.3. The van der Waals surface area contributed by atoms with Gasteiger partial charge in [0.1, 0.15) is 5.82 Å². The van der Waals surface area contributed by atoms with E-state index in [9.17, 15) is 9.18 Å². The van der Waals surface area contributed by atoms with E-state index in [-0.39, 0.29) is 29.4 Å². The molecule has 0 saturated carbocycles. The molecule has 1 amide bonds. The van der Waals surface area contributed by atoms with Crippen LogP contribution >= 0.6 is 11.8 Å². The maximum absolute atomic E-state index is 13.6. The highest BCUT2D eigenvalue weighted by atomic mass is 32.2. The summed E-state index contributed by atoms with van der Waals surface area (Å²) < 4.78 is 15.4. The molecule has 5 rings (SSSR count). The SMILES string of the molecule is Cn1ccnc1SCC(=O)N1N=C2c3ccccc3CC[C@@H]2[C@H]1c1ccc(F)cc1. The normalized spacial score (nSPS) is 19.9. The van der Waals surface area contributed by atoms with E-state index >= 15 is 0 Å². The second-order valence-electron chi connectivity index (χ2n) is 7.63. The minimum atomic E-state index is -0.282. The highest BCUT2D eigenvalue weighted by Gasteiger charge is 2.43. The molecule has 1 aliphatic heterocycles. The summed E-state index contributed by atoms with van der Waals surface area (Å²) in [5.74, 6) is -0.00693. The van der Waals surface area contributed by atoms with Gasteiger partial charge in [-0.1, -0.05) is 48.2 Å². The summed E-state index contributed by atoms with van der Waals surface area (Å²) in [5.41, 5.74) is 4.26. The van der Waals surface area contributed by atoms with Gasteiger partial charge in [-0.25, -0.2) is 14.4 Å². The van der Waals surface area contributed by atoms with Crippen LogP contribution in [0.25, 0.3) is 0 Å². The molecule has 3 aromatic rings. The Morgan fingerprint density at radius 1 is 1.20 bits per heavy atom. The molecule has 0 bridgehead atoms. The Kier molecular flexibility index (Phi) is 4.90. The van der Waals surface area contributed by atoms with Gasteiger partial charge in [0.05, 0.1) is 17.5 Å². The van der Waals surface area contributed by atoms with Gasteiger partial charge in [-0.15, -0.1) is 0 Å². The number of thioether (sulfide) groups is 1. The van der Waals surface area contributed by atoms with Gasteiger partial charge in [-0.2, -0.15) is 5.10 Å². The van der Waals surface area contributed by atoms with E-state index < -0.39 is 0 Å². The molecule has 2 aliphatic rings. The first kappa shape index (κ1) is 19.1. The number of carbonyl (C=O) groups is 1. The fraction of sp³-hybridized carbons (Fsp3) is 0.261. The van der Waals surface area contributed by atoms with Crippen LogP contribution in [-0.4, -0.2) is 31.9 Å². The summed E-state index contributed by atoms with van der Waals surface area (Å²) >= 11 is 1.40. The topological polar surface area (TPSA) is 50.5 Å². The van der Waals surface area contributed by atoms with Gasteiger partial charge in [0.15, 0.2) is 5.16 Å². The minimum Gasteiger partial charge on any atom is -0.329 e. The summed E-state index contributed by atoms with van der Waals surface area (Å²) in [5, 5.41) is 7.22. The number of amides is 1. The predicted molar refractivity (Wildman–Crippen MR) is 115 cm³/mol. The zero-order chi connectivity index (χ0) is 20.7. The Hall–Kier alpha value is -2.93. The van der Waals surface area contributed by atoms with Gasteiger partial charge in [-0.05, 0) is 36.1 Å². The fourth-order valence-electron chi connectivity index (χ4n) is 4.35. The van der Waals surface area contributed by atoms with E-state index in [1.165, 1.54) is 29.5 Å². The molecule has 0 saturated heterocycles. The maximum atomic E-state index is 13.6. The van der Waals surface area contributed by atoms with E-state index in [0.717, 1.165) is 34.8 Å². The number of aryl methyl sites for hydroxylation is 2. The summed E-state index contributed by atoms with van der Waals surface area (Å²) in [6, 6.07) is 14.5. The van der Waals surface area contributed by atoms with Crippen molar-refractivity contribution in [2.24, 2.45) is 18.1 Å². The van der Waals surface area contributed by atoms with Crippen LogP contribution in [0.3, 0.4) is 0 Å². The van der Waals surface area contributed by atoms with Crippen molar-refractivity contribution in [3.05, 3.63) is 83.4 Å². The Morgan fingerprint density at radius 3 is 2.77 bits per heavy atom. The molecule has 5 nitrogen and oxygen atoms in total. The third kappa shape index (κ3) is 3.33.